The molecule has 1 aromatic rings. The Bertz CT molecular complexity index is 413. The minimum Gasteiger partial charge on any atom is -0.355 e. The van der Waals surface area contributed by atoms with E-state index in [1.807, 2.05) is 18.2 Å². The van der Waals surface area contributed by atoms with Crippen molar-refractivity contribution in [3.63, 3.8) is 0 Å². The number of hydrogen-bond donors (Lipinski definition) is 1. The molecular formula is C13H15NO2. The van der Waals surface area contributed by atoms with Crippen LogP contribution in [0.1, 0.15) is 30.1 Å². The van der Waals surface area contributed by atoms with Crippen LogP contribution in [0.2, 0.25) is 0 Å². The molecule has 1 fully saturated rings. The van der Waals surface area contributed by atoms with E-state index in [1.54, 1.807) is 19.1 Å². The molecule has 0 spiro atoms. The minimum absolute atomic E-state index is 0.0784. The van der Waals surface area contributed by atoms with Crippen molar-refractivity contribution in [1.82, 2.24) is 5.32 Å². The minimum atomic E-state index is -0.889. The summed E-state index contributed by atoms with van der Waals surface area (Å²) in [6, 6.07) is 9.01. The summed E-state index contributed by atoms with van der Waals surface area (Å²) >= 11 is 0. The second-order valence-electron chi connectivity index (χ2n) is 4.39. The molecule has 1 unspecified atom stereocenters. The number of nitrogens with one attached hydrogen (secondary N) is 1. The lowest BCUT2D eigenvalue weighted by Crippen LogP contribution is -2.48. The Kier molecular flexibility index (Phi) is 2.77. The van der Waals surface area contributed by atoms with E-state index in [9.17, 15) is 9.59 Å². The monoisotopic (exact) mass is 217 g/mol. The number of carbonyl (C=O) groups is 2. The van der Waals surface area contributed by atoms with Gasteiger partial charge in [-0.3, -0.25) is 9.59 Å². The molecular weight excluding hydrogens is 202 g/mol. The maximum atomic E-state index is 12.3. The van der Waals surface area contributed by atoms with E-state index < -0.39 is 5.41 Å². The standard InChI is InChI=1S/C13H15NO2/c1-13(8-5-9-14-12(13)16)11(15)10-6-3-2-4-7-10/h2-4,6-7H,5,8-9H2,1H3,(H,14,16). The van der Waals surface area contributed by atoms with Gasteiger partial charge in [0.25, 0.3) is 0 Å². The molecule has 0 bridgehead atoms. The van der Waals surface area contributed by atoms with Gasteiger partial charge >= 0.3 is 0 Å². The van der Waals surface area contributed by atoms with Gasteiger partial charge < -0.3 is 5.32 Å². The first-order valence-electron chi connectivity index (χ1n) is 5.53. The van der Waals surface area contributed by atoms with Crippen LogP contribution in [0.5, 0.6) is 0 Å². The SMILES string of the molecule is CC1(C(=O)c2ccccc2)CCCNC1=O. The number of rotatable bonds is 2. The average molecular weight is 217 g/mol. The third-order valence-electron chi connectivity index (χ3n) is 3.18. The summed E-state index contributed by atoms with van der Waals surface area (Å²) < 4.78 is 0. The Morgan fingerprint density at radius 2 is 2.00 bits per heavy atom. The normalized spacial score (nSPS) is 24.9. The molecule has 3 heteroatoms. The van der Waals surface area contributed by atoms with Gasteiger partial charge in [0, 0.05) is 12.1 Å². The van der Waals surface area contributed by atoms with Crippen LogP contribution in [0.3, 0.4) is 0 Å². The van der Waals surface area contributed by atoms with Crippen molar-refractivity contribution in [2.75, 3.05) is 6.54 Å². The van der Waals surface area contributed by atoms with Crippen LogP contribution in [0.15, 0.2) is 30.3 Å². The highest BCUT2D eigenvalue weighted by atomic mass is 16.2. The number of amides is 1. The second-order valence-corrected chi connectivity index (χ2v) is 4.39. The van der Waals surface area contributed by atoms with E-state index in [1.165, 1.54) is 0 Å². The molecule has 1 aliphatic rings. The van der Waals surface area contributed by atoms with Crippen LogP contribution in [0.25, 0.3) is 0 Å². The summed E-state index contributed by atoms with van der Waals surface area (Å²) in [5, 5.41) is 2.76. The lowest BCUT2D eigenvalue weighted by atomic mass is 9.76. The van der Waals surface area contributed by atoms with E-state index in [2.05, 4.69) is 5.32 Å². The zero-order valence-electron chi connectivity index (χ0n) is 9.32. The third kappa shape index (κ3) is 1.73. The lowest BCUT2D eigenvalue weighted by molar-refractivity contribution is -0.129. The average Bonchev–Trinajstić information content (AvgIpc) is 2.33. The summed E-state index contributed by atoms with van der Waals surface area (Å²) in [5.74, 6) is -0.224. The Hall–Kier alpha value is -1.64. The van der Waals surface area contributed by atoms with Gasteiger partial charge in [-0.2, -0.15) is 0 Å². The number of carbonyl (C=O) groups excluding carboxylic acids is 2. The Labute approximate surface area is 94.9 Å². The first-order valence-corrected chi connectivity index (χ1v) is 5.53. The molecule has 1 aliphatic heterocycles. The van der Waals surface area contributed by atoms with Crippen LogP contribution in [-0.2, 0) is 4.79 Å². The summed E-state index contributed by atoms with van der Waals surface area (Å²) in [6.07, 6.45) is 1.49. The largest absolute Gasteiger partial charge is 0.355 e. The molecule has 0 radical (unpaired) electrons. The van der Waals surface area contributed by atoms with Gasteiger partial charge in [-0.25, -0.2) is 0 Å². The Morgan fingerprint density at radius 3 is 2.62 bits per heavy atom. The smallest absolute Gasteiger partial charge is 0.233 e. The van der Waals surface area contributed by atoms with Crippen molar-refractivity contribution >= 4 is 11.7 Å². The summed E-state index contributed by atoms with van der Waals surface area (Å²) in [6.45, 7) is 2.41. The molecule has 1 N–H and O–H groups in total. The Morgan fingerprint density at radius 1 is 1.31 bits per heavy atom. The first-order chi connectivity index (χ1) is 7.64. The fraction of sp³-hybridized carbons (Fsp3) is 0.385. The molecule has 0 saturated carbocycles. The maximum Gasteiger partial charge on any atom is 0.233 e. The van der Waals surface area contributed by atoms with Crippen LogP contribution in [0, 0.1) is 5.41 Å². The van der Waals surface area contributed by atoms with Crippen molar-refractivity contribution in [2.45, 2.75) is 19.8 Å². The molecule has 1 aromatic carbocycles. The van der Waals surface area contributed by atoms with Crippen molar-refractivity contribution in [1.29, 1.82) is 0 Å². The van der Waals surface area contributed by atoms with E-state index >= 15 is 0 Å². The van der Waals surface area contributed by atoms with Gasteiger partial charge in [-0.15, -0.1) is 0 Å². The van der Waals surface area contributed by atoms with Crippen molar-refractivity contribution < 1.29 is 9.59 Å². The summed E-state index contributed by atoms with van der Waals surface area (Å²) in [7, 11) is 0. The fourth-order valence-corrected chi connectivity index (χ4v) is 2.08. The zero-order chi connectivity index (χ0) is 11.6. The highest BCUT2D eigenvalue weighted by Gasteiger charge is 2.42. The van der Waals surface area contributed by atoms with E-state index in [0.717, 1.165) is 6.42 Å². The molecule has 3 nitrogen and oxygen atoms in total. The molecule has 16 heavy (non-hydrogen) atoms. The number of benzene rings is 1. The topological polar surface area (TPSA) is 46.2 Å². The van der Waals surface area contributed by atoms with Crippen LogP contribution in [0.4, 0.5) is 0 Å². The number of ketones is 1. The van der Waals surface area contributed by atoms with E-state index in [4.69, 9.17) is 0 Å². The molecule has 1 heterocycles. The predicted octanol–water partition coefficient (Wildman–Crippen LogP) is 1.79. The van der Waals surface area contributed by atoms with Gasteiger partial charge in [-0.1, -0.05) is 30.3 Å². The van der Waals surface area contributed by atoms with Gasteiger partial charge in [0.05, 0.1) is 0 Å². The quantitative estimate of drug-likeness (QED) is 0.606. The molecule has 2 rings (SSSR count). The van der Waals surface area contributed by atoms with E-state index in [-0.39, 0.29) is 11.7 Å². The molecule has 1 saturated heterocycles. The van der Waals surface area contributed by atoms with Crippen molar-refractivity contribution in [3.8, 4) is 0 Å². The van der Waals surface area contributed by atoms with E-state index in [0.29, 0.717) is 18.5 Å². The van der Waals surface area contributed by atoms with Crippen LogP contribution in [-0.4, -0.2) is 18.2 Å². The summed E-state index contributed by atoms with van der Waals surface area (Å²) in [5.41, 5.74) is -0.276. The van der Waals surface area contributed by atoms with Gasteiger partial charge in [-0.05, 0) is 19.8 Å². The number of piperidine rings is 1. The summed E-state index contributed by atoms with van der Waals surface area (Å²) in [4.78, 5) is 24.1. The predicted molar refractivity (Wildman–Crippen MR) is 61.1 cm³/mol. The molecule has 0 aliphatic carbocycles. The van der Waals surface area contributed by atoms with Gasteiger partial charge in [0.15, 0.2) is 5.78 Å². The highest BCUT2D eigenvalue weighted by molar-refractivity contribution is 6.13. The first kappa shape index (κ1) is 10.9. The third-order valence-corrected chi connectivity index (χ3v) is 3.18. The molecule has 1 atom stereocenters. The van der Waals surface area contributed by atoms with Crippen LogP contribution < -0.4 is 5.32 Å². The zero-order valence-corrected chi connectivity index (χ0v) is 9.32. The van der Waals surface area contributed by atoms with Crippen molar-refractivity contribution in [3.05, 3.63) is 35.9 Å². The number of Topliss-reactive ketones (excluding diaryl/α,β-unsaturated/α-hetero) is 1. The van der Waals surface area contributed by atoms with Crippen molar-refractivity contribution in [2.24, 2.45) is 5.41 Å². The molecule has 0 aromatic heterocycles. The van der Waals surface area contributed by atoms with Gasteiger partial charge in [0.2, 0.25) is 5.91 Å². The fourth-order valence-electron chi connectivity index (χ4n) is 2.08. The van der Waals surface area contributed by atoms with Gasteiger partial charge in [0.1, 0.15) is 5.41 Å². The molecule has 1 amide bonds. The van der Waals surface area contributed by atoms with Crippen LogP contribution >= 0.6 is 0 Å². The molecule has 84 valence electrons. The number of hydrogen-bond acceptors (Lipinski definition) is 2. The lowest BCUT2D eigenvalue weighted by Gasteiger charge is -2.31. The highest BCUT2D eigenvalue weighted by Crippen LogP contribution is 2.30. The Balaban J connectivity index is 2.30. The second kappa shape index (κ2) is 4.08. The maximum absolute atomic E-state index is 12.3.